The Balaban J connectivity index is 2.09. The average molecular weight is 306 g/mol. The maximum Gasteiger partial charge on any atom is 0.109 e. The van der Waals surface area contributed by atoms with Crippen molar-refractivity contribution in [2.75, 3.05) is 7.11 Å². The van der Waals surface area contributed by atoms with Crippen LogP contribution in [0.3, 0.4) is 0 Å². The van der Waals surface area contributed by atoms with Gasteiger partial charge in [0.05, 0.1) is 0 Å². The van der Waals surface area contributed by atoms with Gasteiger partial charge in [-0.2, -0.15) is 0 Å². The first-order valence-corrected chi connectivity index (χ1v) is 8.78. The van der Waals surface area contributed by atoms with Gasteiger partial charge in [0.2, 0.25) is 0 Å². The van der Waals surface area contributed by atoms with Gasteiger partial charge in [-0.1, -0.05) is 91.0 Å². The van der Waals surface area contributed by atoms with Gasteiger partial charge in [-0.15, -0.1) is 0 Å². The molecule has 0 aliphatic rings. The van der Waals surface area contributed by atoms with E-state index in [0.29, 0.717) is 0 Å². The van der Waals surface area contributed by atoms with Crippen LogP contribution in [-0.4, -0.2) is 7.11 Å². The van der Waals surface area contributed by atoms with Crippen LogP contribution in [0.4, 0.5) is 0 Å². The lowest BCUT2D eigenvalue weighted by atomic mass is 10.2. The Hall–Kier alpha value is -1.95. The molecule has 3 aromatic rings. The van der Waals surface area contributed by atoms with Gasteiger partial charge in [-0.25, -0.2) is 0 Å². The molecule has 0 heterocycles. The van der Waals surface area contributed by atoms with E-state index < -0.39 is 7.92 Å². The number of methoxy groups -OCH3 is 1. The number of hydrogen-bond donors (Lipinski definition) is 0. The van der Waals surface area contributed by atoms with Gasteiger partial charge in [0.1, 0.15) is 5.85 Å². The quantitative estimate of drug-likeness (QED) is 0.632. The average Bonchev–Trinajstić information content (AvgIpc) is 2.62. The summed E-state index contributed by atoms with van der Waals surface area (Å²) in [6.45, 7) is 0. The van der Waals surface area contributed by atoms with Crippen LogP contribution < -0.4 is 10.6 Å². The lowest BCUT2D eigenvalue weighted by molar-refractivity contribution is 0.172. The van der Waals surface area contributed by atoms with Crippen LogP contribution in [0.1, 0.15) is 11.4 Å². The van der Waals surface area contributed by atoms with Gasteiger partial charge < -0.3 is 4.74 Å². The SMILES string of the molecule is COC(c1ccccc1)P(c1ccccc1)c1ccccc1. The van der Waals surface area contributed by atoms with Crippen molar-refractivity contribution in [1.29, 1.82) is 0 Å². The lowest BCUT2D eigenvalue weighted by Gasteiger charge is -2.27. The van der Waals surface area contributed by atoms with Crippen molar-refractivity contribution in [2.45, 2.75) is 5.85 Å². The van der Waals surface area contributed by atoms with Crippen LogP contribution in [-0.2, 0) is 4.74 Å². The van der Waals surface area contributed by atoms with Crippen molar-refractivity contribution in [2.24, 2.45) is 0 Å². The Morgan fingerprint density at radius 3 is 1.45 bits per heavy atom. The van der Waals surface area contributed by atoms with Crippen LogP contribution in [0.2, 0.25) is 0 Å². The maximum atomic E-state index is 5.94. The molecule has 0 saturated carbocycles. The highest BCUT2D eigenvalue weighted by molar-refractivity contribution is 7.73. The van der Waals surface area contributed by atoms with Crippen molar-refractivity contribution in [3.63, 3.8) is 0 Å². The van der Waals surface area contributed by atoms with E-state index in [1.165, 1.54) is 16.2 Å². The Kier molecular flexibility index (Phi) is 5.00. The molecule has 0 aromatic heterocycles. The molecule has 3 aromatic carbocycles. The number of benzene rings is 3. The summed E-state index contributed by atoms with van der Waals surface area (Å²) >= 11 is 0. The second kappa shape index (κ2) is 7.35. The third-order valence-corrected chi connectivity index (χ3v) is 6.30. The zero-order valence-corrected chi connectivity index (χ0v) is 13.5. The molecule has 0 spiro atoms. The van der Waals surface area contributed by atoms with E-state index in [4.69, 9.17) is 4.74 Å². The molecule has 0 aliphatic carbocycles. The van der Waals surface area contributed by atoms with E-state index in [2.05, 4.69) is 84.9 Å². The van der Waals surface area contributed by atoms with Gasteiger partial charge in [0.15, 0.2) is 0 Å². The van der Waals surface area contributed by atoms with E-state index in [1.54, 1.807) is 7.11 Å². The standard InChI is InChI=1S/C20H19OP/c1-21-20(17-11-5-2-6-12-17)22(18-13-7-3-8-14-18)19-15-9-4-10-16-19/h2-16,20H,1H3. The number of rotatable bonds is 5. The van der Waals surface area contributed by atoms with Gasteiger partial charge in [0.25, 0.3) is 0 Å². The van der Waals surface area contributed by atoms with Crippen LogP contribution in [0.15, 0.2) is 91.0 Å². The molecular weight excluding hydrogens is 287 g/mol. The van der Waals surface area contributed by atoms with Crippen LogP contribution in [0.25, 0.3) is 0 Å². The topological polar surface area (TPSA) is 9.23 Å². The predicted molar refractivity (Wildman–Crippen MR) is 95.3 cm³/mol. The molecule has 0 aliphatic heterocycles. The molecule has 0 N–H and O–H groups in total. The summed E-state index contributed by atoms with van der Waals surface area (Å²) in [6, 6.07) is 31.8. The lowest BCUT2D eigenvalue weighted by Crippen LogP contribution is -2.18. The van der Waals surface area contributed by atoms with Crippen molar-refractivity contribution < 1.29 is 4.74 Å². The molecule has 1 unspecified atom stereocenters. The fourth-order valence-corrected chi connectivity index (χ4v) is 5.11. The number of ether oxygens (including phenoxy) is 1. The summed E-state index contributed by atoms with van der Waals surface area (Å²) in [5, 5.41) is 2.67. The summed E-state index contributed by atoms with van der Waals surface area (Å²) in [5.41, 5.74) is 1.23. The predicted octanol–water partition coefficient (Wildman–Crippen LogP) is 4.46. The normalized spacial score (nSPS) is 12.3. The highest BCUT2D eigenvalue weighted by Crippen LogP contribution is 2.49. The Morgan fingerprint density at radius 1 is 0.636 bits per heavy atom. The highest BCUT2D eigenvalue weighted by Gasteiger charge is 2.25. The van der Waals surface area contributed by atoms with Crippen LogP contribution >= 0.6 is 7.92 Å². The van der Waals surface area contributed by atoms with Gasteiger partial charge >= 0.3 is 0 Å². The minimum Gasteiger partial charge on any atom is -0.372 e. The van der Waals surface area contributed by atoms with Crippen molar-refractivity contribution in [1.82, 2.24) is 0 Å². The zero-order valence-electron chi connectivity index (χ0n) is 12.6. The monoisotopic (exact) mass is 306 g/mol. The van der Waals surface area contributed by atoms with E-state index in [1.807, 2.05) is 6.07 Å². The zero-order chi connectivity index (χ0) is 15.2. The fraction of sp³-hybridized carbons (Fsp3) is 0.100. The summed E-state index contributed by atoms with van der Waals surface area (Å²) in [6.07, 6.45) is 0. The fourth-order valence-electron chi connectivity index (χ4n) is 2.61. The van der Waals surface area contributed by atoms with E-state index in [0.717, 1.165) is 0 Å². The van der Waals surface area contributed by atoms with E-state index >= 15 is 0 Å². The number of hydrogen-bond acceptors (Lipinski definition) is 1. The maximum absolute atomic E-state index is 5.94. The van der Waals surface area contributed by atoms with Gasteiger partial charge in [0, 0.05) is 7.11 Å². The molecule has 1 atom stereocenters. The summed E-state index contributed by atoms with van der Waals surface area (Å²) in [4.78, 5) is 0. The Labute approximate surface area is 133 Å². The smallest absolute Gasteiger partial charge is 0.109 e. The molecular formula is C20H19OP. The molecule has 1 nitrogen and oxygen atoms in total. The minimum atomic E-state index is -0.613. The Morgan fingerprint density at radius 2 is 1.05 bits per heavy atom. The van der Waals surface area contributed by atoms with Gasteiger partial charge in [-0.3, -0.25) is 0 Å². The van der Waals surface area contributed by atoms with Crippen LogP contribution in [0, 0.1) is 0 Å². The first-order chi connectivity index (χ1) is 10.9. The summed E-state index contributed by atoms with van der Waals surface area (Å²) in [7, 11) is 1.19. The third-order valence-electron chi connectivity index (χ3n) is 3.61. The molecule has 22 heavy (non-hydrogen) atoms. The summed E-state index contributed by atoms with van der Waals surface area (Å²) in [5.74, 6) is 0.0565. The molecule has 110 valence electrons. The highest BCUT2D eigenvalue weighted by atomic mass is 31.1. The molecule has 0 saturated heterocycles. The second-order valence-electron chi connectivity index (χ2n) is 5.04. The molecule has 0 fully saturated rings. The third kappa shape index (κ3) is 3.27. The van der Waals surface area contributed by atoms with E-state index in [-0.39, 0.29) is 5.85 Å². The molecule has 0 bridgehead atoms. The second-order valence-corrected chi connectivity index (χ2v) is 7.28. The van der Waals surface area contributed by atoms with Gasteiger partial charge in [-0.05, 0) is 24.1 Å². The minimum absolute atomic E-state index is 0.0565. The van der Waals surface area contributed by atoms with E-state index in [9.17, 15) is 0 Å². The molecule has 3 rings (SSSR count). The molecule has 0 radical (unpaired) electrons. The van der Waals surface area contributed by atoms with Crippen LogP contribution in [0.5, 0.6) is 0 Å². The van der Waals surface area contributed by atoms with Crippen molar-refractivity contribution in [3.8, 4) is 0 Å². The first-order valence-electron chi connectivity index (χ1n) is 7.37. The summed E-state index contributed by atoms with van der Waals surface area (Å²) < 4.78 is 5.94. The largest absolute Gasteiger partial charge is 0.372 e. The Bertz CT molecular complexity index is 643. The molecule has 2 heteroatoms. The van der Waals surface area contributed by atoms with Crippen molar-refractivity contribution >= 4 is 18.5 Å². The molecule has 0 amide bonds. The first kappa shape index (κ1) is 15.0. The van der Waals surface area contributed by atoms with Crippen molar-refractivity contribution in [3.05, 3.63) is 96.6 Å².